The lowest BCUT2D eigenvalue weighted by atomic mass is 10.2. The number of alkyl halides is 3. The second-order valence-corrected chi connectivity index (χ2v) is 4.96. The van der Waals surface area contributed by atoms with Crippen molar-refractivity contribution in [2.75, 3.05) is 32.7 Å². The normalized spacial score (nSPS) is 16.6. The molecule has 122 valence electrons. The van der Waals surface area contributed by atoms with Crippen molar-refractivity contribution in [1.29, 1.82) is 0 Å². The quantitative estimate of drug-likeness (QED) is 0.794. The number of benzene rings is 1. The predicted molar refractivity (Wildman–Crippen MR) is 81.8 cm³/mol. The van der Waals surface area contributed by atoms with E-state index in [1.807, 2.05) is 30.3 Å². The van der Waals surface area contributed by atoms with Gasteiger partial charge in [-0.1, -0.05) is 30.3 Å². The highest BCUT2D eigenvalue weighted by Crippen LogP contribution is 2.17. The van der Waals surface area contributed by atoms with Gasteiger partial charge in [-0.15, -0.1) is 12.4 Å². The fraction of sp³-hybridized carbons (Fsp3) is 0.400. The van der Waals surface area contributed by atoms with Crippen molar-refractivity contribution in [2.24, 2.45) is 0 Å². The third-order valence-electron chi connectivity index (χ3n) is 3.30. The summed E-state index contributed by atoms with van der Waals surface area (Å²) in [6.07, 6.45) is -1.00. The van der Waals surface area contributed by atoms with Crippen molar-refractivity contribution in [2.45, 2.75) is 6.18 Å². The summed E-state index contributed by atoms with van der Waals surface area (Å²) in [4.78, 5) is 14.9. The average molecular weight is 335 g/mol. The van der Waals surface area contributed by atoms with Crippen molar-refractivity contribution >= 4 is 24.4 Å². The molecule has 0 atom stereocenters. The van der Waals surface area contributed by atoms with Gasteiger partial charge in [0.15, 0.2) is 0 Å². The molecule has 0 saturated carbocycles. The highest BCUT2D eigenvalue weighted by molar-refractivity contribution is 5.91. The molecule has 22 heavy (non-hydrogen) atoms. The van der Waals surface area contributed by atoms with Gasteiger partial charge in [-0.05, 0) is 11.6 Å². The van der Waals surface area contributed by atoms with Crippen molar-refractivity contribution in [3.63, 3.8) is 0 Å². The minimum Gasteiger partial charge on any atom is -0.337 e. The third-order valence-corrected chi connectivity index (χ3v) is 3.30. The van der Waals surface area contributed by atoms with Gasteiger partial charge in [0.25, 0.3) is 0 Å². The molecule has 1 aromatic carbocycles. The SMILES string of the molecule is Cl.O=C(/C=C/c1ccccc1)N1CCN(CC(F)(F)F)CC1. The number of nitrogens with zero attached hydrogens (tertiary/aromatic N) is 2. The Morgan fingerprint density at radius 3 is 2.23 bits per heavy atom. The third kappa shape index (κ3) is 6.07. The Morgan fingerprint density at radius 1 is 1.09 bits per heavy atom. The number of hydrogen-bond acceptors (Lipinski definition) is 2. The molecule has 0 unspecified atom stereocenters. The zero-order valence-electron chi connectivity index (χ0n) is 11.9. The molecule has 0 aliphatic carbocycles. The van der Waals surface area contributed by atoms with Gasteiger partial charge in [0, 0.05) is 32.3 Å². The van der Waals surface area contributed by atoms with Crippen LogP contribution in [0, 0.1) is 0 Å². The second-order valence-electron chi connectivity index (χ2n) is 4.96. The largest absolute Gasteiger partial charge is 0.401 e. The van der Waals surface area contributed by atoms with E-state index in [0.717, 1.165) is 5.56 Å². The summed E-state index contributed by atoms with van der Waals surface area (Å²) < 4.78 is 36.8. The first-order chi connectivity index (χ1) is 9.94. The number of carbonyl (C=O) groups excluding carboxylic acids is 1. The Labute approximate surface area is 133 Å². The molecule has 0 bridgehead atoms. The summed E-state index contributed by atoms with van der Waals surface area (Å²) in [5.74, 6) is -0.162. The van der Waals surface area contributed by atoms with Gasteiger partial charge < -0.3 is 4.90 Å². The number of rotatable bonds is 3. The van der Waals surface area contributed by atoms with Crippen LogP contribution in [0.15, 0.2) is 36.4 Å². The van der Waals surface area contributed by atoms with Crippen LogP contribution >= 0.6 is 12.4 Å². The monoisotopic (exact) mass is 334 g/mol. The van der Waals surface area contributed by atoms with Gasteiger partial charge in [-0.2, -0.15) is 13.2 Å². The summed E-state index contributed by atoms with van der Waals surface area (Å²) in [5, 5.41) is 0. The summed E-state index contributed by atoms with van der Waals surface area (Å²) in [6, 6.07) is 9.40. The molecule has 0 radical (unpaired) electrons. The Bertz CT molecular complexity index is 497. The maximum absolute atomic E-state index is 12.3. The molecule has 1 aromatic rings. The summed E-state index contributed by atoms with van der Waals surface area (Å²) in [5.41, 5.74) is 0.918. The zero-order valence-corrected chi connectivity index (χ0v) is 12.7. The zero-order chi connectivity index (χ0) is 15.3. The van der Waals surface area contributed by atoms with Crippen molar-refractivity contribution in [1.82, 2.24) is 9.80 Å². The molecule has 1 aliphatic heterocycles. The molecule has 1 amide bonds. The van der Waals surface area contributed by atoms with Crippen LogP contribution in [0.4, 0.5) is 13.2 Å². The average Bonchev–Trinajstić information content (AvgIpc) is 2.45. The number of amides is 1. The molecule has 0 aromatic heterocycles. The smallest absolute Gasteiger partial charge is 0.337 e. The van der Waals surface area contributed by atoms with Crippen LogP contribution in [0.1, 0.15) is 5.56 Å². The number of halogens is 4. The van der Waals surface area contributed by atoms with E-state index in [-0.39, 0.29) is 31.4 Å². The van der Waals surface area contributed by atoms with Gasteiger partial charge in [0.1, 0.15) is 0 Å². The molecule has 0 spiro atoms. The molecular formula is C15H18ClF3N2O. The molecule has 1 fully saturated rings. The fourth-order valence-electron chi connectivity index (χ4n) is 2.22. The van der Waals surface area contributed by atoms with Crippen LogP contribution in [0.25, 0.3) is 6.08 Å². The highest BCUT2D eigenvalue weighted by atomic mass is 35.5. The van der Waals surface area contributed by atoms with Gasteiger partial charge in [-0.25, -0.2) is 0 Å². The maximum atomic E-state index is 12.3. The Kier molecular flexibility index (Phi) is 6.90. The van der Waals surface area contributed by atoms with Crippen LogP contribution in [0.3, 0.4) is 0 Å². The van der Waals surface area contributed by atoms with Gasteiger partial charge >= 0.3 is 6.18 Å². The number of hydrogen-bond donors (Lipinski definition) is 0. The molecule has 2 rings (SSSR count). The lowest BCUT2D eigenvalue weighted by molar-refractivity contribution is -0.150. The molecule has 7 heteroatoms. The Hall–Kier alpha value is -1.53. The Morgan fingerprint density at radius 2 is 1.68 bits per heavy atom. The molecule has 1 heterocycles. The fourth-order valence-corrected chi connectivity index (χ4v) is 2.22. The summed E-state index contributed by atoms with van der Waals surface area (Å²) in [6.45, 7) is 0.256. The second kappa shape index (κ2) is 8.19. The predicted octanol–water partition coefficient (Wildman–Crippen LogP) is 2.83. The molecule has 3 nitrogen and oxygen atoms in total. The lowest BCUT2D eigenvalue weighted by Gasteiger charge is -2.34. The molecular weight excluding hydrogens is 317 g/mol. The number of piperazine rings is 1. The maximum Gasteiger partial charge on any atom is 0.401 e. The van der Waals surface area contributed by atoms with Crippen molar-refractivity contribution < 1.29 is 18.0 Å². The van der Waals surface area contributed by atoms with E-state index in [9.17, 15) is 18.0 Å². The lowest BCUT2D eigenvalue weighted by Crippen LogP contribution is -2.50. The molecule has 1 saturated heterocycles. The molecule has 1 aliphatic rings. The highest BCUT2D eigenvalue weighted by Gasteiger charge is 2.32. The van der Waals surface area contributed by atoms with Crippen LogP contribution in [-0.2, 0) is 4.79 Å². The number of carbonyl (C=O) groups is 1. The first kappa shape index (κ1) is 18.5. The van der Waals surface area contributed by atoms with Gasteiger partial charge in [-0.3, -0.25) is 9.69 Å². The van der Waals surface area contributed by atoms with Crippen LogP contribution in [0.5, 0.6) is 0 Å². The topological polar surface area (TPSA) is 23.6 Å². The standard InChI is InChI=1S/C15H17F3N2O.ClH/c16-15(17,18)12-19-8-10-20(11-9-19)14(21)7-6-13-4-2-1-3-5-13;/h1-7H,8-12H2;1H/b7-6+;. The van der Waals surface area contributed by atoms with E-state index in [1.54, 1.807) is 11.0 Å². The van der Waals surface area contributed by atoms with E-state index in [4.69, 9.17) is 0 Å². The summed E-state index contributed by atoms with van der Waals surface area (Å²) in [7, 11) is 0. The van der Waals surface area contributed by atoms with Crippen molar-refractivity contribution in [3.8, 4) is 0 Å². The van der Waals surface area contributed by atoms with E-state index in [2.05, 4.69) is 0 Å². The minimum absolute atomic E-state index is 0. The van der Waals surface area contributed by atoms with Gasteiger partial charge in [0.05, 0.1) is 6.54 Å². The molecule has 0 N–H and O–H groups in total. The van der Waals surface area contributed by atoms with Crippen molar-refractivity contribution in [3.05, 3.63) is 42.0 Å². The first-order valence-electron chi connectivity index (χ1n) is 6.75. The van der Waals surface area contributed by atoms with E-state index in [0.29, 0.717) is 13.1 Å². The van der Waals surface area contributed by atoms with E-state index >= 15 is 0 Å². The first-order valence-corrected chi connectivity index (χ1v) is 6.75. The van der Waals surface area contributed by atoms with Gasteiger partial charge in [0.2, 0.25) is 5.91 Å². The van der Waals surface area contributed by atoms with Crippen LogP contribution < -0.4 is 0 Å². The minimum atomic E-state index is -4.18. The van der Waals surface area contributed by atoms with Crippen LogP contribution in [-0.4, -0.2) is 54.6 Å². The van der Waals surface area contributed by atoms with E-state index in [1.165, 1.54) is 11.0 Å². The Balaban J connectivity index is 0.00000242. The van der Waals surface area contributed by atoms with Crippen LogP contribution in [0.2, 0.25) is 0 Å². The summed E-state index contributed by atoms with van der Waals surface area (Å²) >= 11 is 0. The van der Waals surface area contributed by atoms with E-state index < -0.39 is 12.7 Å².